The van der Waals surface area contributed by atoms with Crippen molar-refractivity contribution in [1.82, 2.24) is 20.2 Å². The van der Waals surface area contributed by atoms with Gasteiger partial charge in [-0.1, -0.05) is 0 Å². The molecule has 0 saturated carbocycles. The molecule has 0 spiro atoms. The lowest BCUT2D eigenvalue weighted by Gasteiger charge is -2.10. The lowest BCUT2D eigenvalue weighted by Crippen LogP contribution is -2.14. The summed E-state index contributed by atoms with van der Waals surface area (Å²) in [7, 11) is -3.07. The maximum Gasteiger partial charge on any atom is 0.185 e. The predicted molar refractivity (Wildman–Crippen MR) is 69.9 cm³/mol. The second-order valence-electron chi connectivity index (χ2n) is 4.74. The Hall–Kier alpha value is -2.03. The highest BCUT2D eigenvalue weighted by molar-refractivity contribution is 7.91. The van der Waals surface area contributed by atoms with Crippen LogP contribution in [-0.2, 0) is 9.84 Å². The zero-order valence-corrected chi connectivity index (χ0v) is 11.2. The molecule has 2 heterocycles. The van der Waals surface area contributed by atoms with Gasteiger partial charge in [-0.15, -0.1) is 5.10 Å². The van der Waals surface area contributed by atoms with E-state index in [0.29, 0.717) is 12.1 Å². The van der Waals surface area contributed by atoms with E-state index in [-0.39, 0.29) is 28.9 Å². The van der Waals surface area contributed by atoms with Gasteiger partial charge in [-0.2, -0.15) is 0 Å². The highest BCUT2D eigenvalue weighted by atomic mass is 32.2. The summed E-state index contributed by atoms with van der Waals surface area (Å²) >= 11 is 0. The van der Waals surface area contributed by atoms with E-state index in [1.165, 1.54) is 16.8 Å². The number of nitrogens with two attached hydrogens (primary N) is 1. The number of hydrogen-bond acceptors (Lipinski definition) is 6. The van der Waals surface area contributed by atoms with Crippen LogP contribution < -0.4 is 5.73 Å². The first-order valence-electron chi connectivity index (χ1n) is 6.00. The fourth-order valence-electron chi connectivity index (χ4n) is 2.30. The Kier molecular flexibility index (Phi) is 2.93. The smallest absolute Gasteiger partial charge is 0.185 e. The average Bonchev–Trinajstić information content (AvgIpc) is 2.95. The summed E-state index contributed by atoms with van der Waals surface area (Å²) < 4.78 is 38.3. The van der Waals surface area contributed by atoms with E-state index in [1.54, 1.807) is 6.07 Å². The van der Waals surface area contributed by atoms with Crippen LogP contribution in [0.25, 0.3) is 11.4 Å². The van der Waals surface area contributed by atoms with Crippen molar-refractivity contribution in [3.63, 3.8) is 0 Å². The van der Waals surface area contributed by atoms with E-state index in [4.69, 9.17) is 5.73 Å². The molecule has 0 radical (unpaired) electrons. The van der Waals surface area contributed by atoms with Crippen molar-refractivity contribution in [1.29, 1.82) is 0 Å². The van der Waals surface area contributed by atoms with Crippen LogP contribution in [0.1, 0.15) is 12.5 Å². The molecule has 0 amide bonds. The highest BCUT2D eigenvalue weighted by Gasteiger charge is 2.32. The van der Waals surface area contributed by atoms with Gasteiger partial charge >= 0.3 is 0 Å². The SMILES string of the molecule is Nc1ccc(-c2nnnn2C2CCS(=O)(=O)C2)c(F)c1. The van der Waals surface area contributed by atoms with Gasteiger partial charge in [0.05, 0.1) is 23.1 Å². The van der Waals surface area contributed by atoms with Crippen molar-refractivity contribution < 1.29 is 12.8 Å². The predicted octanol–water partition coefficient (Wildman–Crippen LogP) is 0.421. The van der Waals surface area contributed by atoms with Crippen molar-refractivity contribution in [2.75, 3.05) is 17.2 Å². The number of nitrogens with zero attached hydrogens (tertiary/aromatic N) is 4. The number of nitrogen functional groups attached to an aromatic ring is 1. The van der Waals surface area contributed by atoms with Crippen LogP contribution in [0, 0.1) is 5.82 Å². The van der Waals surface area contributed by atoms with Gasteiger partial charge in [0.1, 0.15) is 5.82 Å². The van der Waals surface area contributed by atoms with Crippen LogP contribution >= 0.6 is 0 Å². The van der Waals surface area contributed by atoms with Gasteiger partial charge in [-0.25, -0.2) is 17.5 Å². The van der Waals surface area contributed by atoms with Gasteiger partial charge in [0.2, 0.25) is 0 Å². The second-order valence-corrected chi connectivity index (χ2v) is 6.97. The third kappa shape index (κ3) is 2.24. The minimum absolute atomic E-state index is 0.0262. The minimum atomic E-state index is -3.07. The van der Waals surface area contributed by atoms with Crippen LogP contribution in [0.15, 0.2) is 18.2 Å². The largest absolute Gasteiger partial charge is 0.399 e. The molecule has 0 bridgehead atoms. The van der Waals surface area contributed by atoms with Crippen molar-refractivity contribution >= 4 is 15.5 Å². The van der Waals surface area contributed by atoms with Gasteiger partial charge in [-0.05, 0) is 35.0 Å². The Balaban J connectivity index is 2.02. The summed E-state index contributed by atoms with van der Waals surface area (Å²) in [6, 6.07) is 3.85. The molecule has 20 heavy (non-hydrogen) atoms. The topological polar surface area (TPSA) is 104 Å². The molecule has 1 aromatic carbocycles. The van der Waals surface area contributed by atoms with Gasteiger partial charge in [-0.3, -0.25) is 0 Å². The van der Waals surface area contributed by atoms with Crippen molar-refractivity contribution in [3.05, 3.63) is 24.0 Å². The highest BCUT2D eigenvalue weighted by Crippen LogP contribution is 2.28. The number of benzene rings is 1. The lowest BCUT2D eigenvalue weighted by atomic mass is 10.1. The van der Waals surface area contributed by atoms with Gasteiger partial charge in [0.25, 0.3) is 0 Å². The van der Waals surface area contributed by atoms with Gasteiger partial charge < -0.3 is 5.73 Å². The number of anilines is 1. The molecule has 1 saturated heterocycles. The van der Waals surface area contributed by atoms with Crippen LogP contribution in [0.4, 0.5) is 10.1 Å². The molecule has 0 aliphatic carbocycles. The van der Waals surface area contributed by atoms with Gasteiger partial charge in [0.15, 0.2) is 15.7 Å². The van der Waals surface area contributed by atoms with E-state index in [2.05, 4.69) is 15.5 Å². The van der Waals surface area contributed by atoms with Crippen molar-refractivity contribution in [3.8, 4) is 11.4 Å². The van der Waals surface area contributed by atoms with Crippen LogP contribution in [0.5, 0.6) is 0 Å². The number of tetrazole rings is 1. The minimum Gasteiger partial charge on any atom is -0.399 e. The van der Waals surface area contributed by atoms with Crippen molar-refractivity contribution in [2.45, 2.75) is 12.5 Å². The number of halogens is 1. The molecule has 106 valence electrons. The van der Waals surface area contributed by atoms with E-state index in [1.807, 2.05) is 0 Å². The average molecular weight is 297 g/mol. The standard InChI is InChI=1S/C11H12FN5O2S/c12-10-5-7(13)1-2-9(10)11-14-15-16-17(11)8-3-4-20(18,19)6-8/h1-2,5,8H,3-4,6,13H2. The first-order chi connectivity index (χ1) is 9.46. The molecule has 1 atom stereocenters. The number of sulfone groups is 1. The molecule has 9 heteroatoms. The second kappa shape index (κ2) is 4.51. The molecular weight excluding hydrogens is 285 g/mol. The fraction of sp³-hybridized carbons (Fsp3) is 0.364. The van der Waals surface area contributed by atoms with E-state index in [9.17, 15) is 12.8 Å². The quantitative estimate of drug-likeness (QED) is 0.806. The fourth-order valence-corrected chi connectivity index (χ4v) is 3.99. The molecule has 1 unspecified atom stereocenters. The first-order valence-corrected chi connectivity index (χ1v) is 7.82. The Morgan fingerprint density at radius 1 is 1.40 bits per heavy atom. The van der Waals surface area contributed by atoms with E-state index in [0.717, 1.165) is 0 Å². The zero-order chi connectivity index (χ0) is 14.3. The zero-order valence-electron chi connectivity index (χ0n) is 10.4. The monoisotopic (exact) mass is 297 g/mol. The molecule has 3 rings (SSSR count). The Morgan fingerprint density at radius 3 is 2.85 bits per heavy atom. The number of rotatable bonds is 2. The number of aromatic nitrogens is 4. The molecular formula is C11H12FN5O2S. The molecule has 2 N–H and O–H groups in total. The summed E-state index contributed by atoms with van der Waals surface area (Å²) in [4.78, 5) is 0. The molecule has 1 fully saturated rings. The van der Waals surface area contributed by atoms with Crippen LogP contribution in [-0.4, -0.2) is 40.1 Å². The lowest BCUT2D eigenvalue weighted by molar-refractivity contribution is 0.488. The number of hydrogen-bond donors (Lipinski definition) is 1. The normalized spacial score (nSPS) is 21.1. The Labute approximate surface area is 114 Å². The third-order valence-corrected chi connectivity index (χ3v) is 5.03. The third-order valence-electron chi connectivity index (χ3n) is 3.28. The van der Waals surface area contributed by atoms with Gasteiger partial charge in [0, 0.05) is 5.69 Å². The first kappa shape index (κ1) is 13.0. The Morgan fingerprint density at radius 2 is 2.20 bits per heavy atom. The van der Waals surface area contributed by atoms with Crippen LogP contribution in [0.2, 0.25) is 0 Å². The summed E-state index contributed by atoms with van der Waals surface area (Å²) in [5.74, 6) is -0.255. The summed E-state index contributed by atoms with van der Waals surface area (Å²) in [5, 5.41) is 11.1. The van der Waals surface area contributed by atoms with E-state index < -0.39 is 15.7 Å². The molecule has 1 aliphatic heterocycles. The molecule has 2 aromatic rings. The van der Waals surface area contributed by atoms with Crippen LogP contribution in [0.3, 0.4) is 0 Å². The van der Waals surface area contributed by atoms with Crippen molar-refractivity contribution in [2.24, 2.45) is 0 Å². The molecule has 7 nitrogen and oxygen atoms in total. The summed E-state index contributed by atoms with van der Waals surface area (Å²) in [6.07, 6.45) is 0.428. The Bertz CT molecular complexity index is 758. The molecule has 1 aromatic heterocycles. The van der Waals surface area contributed by atoms with E-state index >= 15 is 0 Å². The maximum absolute atomic E-state index is 13.9. The summed E-state index contributed by atoms with van der Waals surface area (Å²) in [5.41, 5.74) is 6.00. The summed E-state index contributed by atoms with van der Waals surface area (Å²) in [6.45, 7) is 0. The molecule has 1 aliphatic rings. The maximum atomic E-state index is 13.9.